The molecule has 0 amide bonds. The van der Waals surface area contributed by atoms with Gasteiger partial charge in [0.2, 0.25) is 0 Å². The van der Waals surface area contributed by atoms with Crippen molar-refractivity contribution in [1.82, 2.24) is 4.90 Å². The largest absolute Gasteiger partial charge is 0.490 e. The lowest BCUT2D eigenvalue weighted by Crippen LogP contribution is -2.41. The van der Waals surface area contributed by atoms with Gasteiger partial charge in [0.25, 0.3) is 0 Å². The molecule has 3 atom stereocenters. The van der Waals surface area contributed by atoms with E-state index >= 15 is 0 Å². The van der Waals surface area contributed by atoms with Gasteiger partial charge in [0, 0.05) is 44.9 Å². The predicted molar refractivity (Wildman–Crippen MR) is 90.8 cm³/mol. The number of piperidine rings is 1. The van der Waals surface area contributed by atoms with Crippen molar-refractivity contribution in [3.05, 3.63) is 29.8 Å². The Morgan fingerprint density at radius 1 is 1.26 bits per heavy atom. The average molecular weight is 315 g/mol. The Bertz CT molecular complexity index is 560. The third-order valence-corrected chi connectivity index (χ3v) is 6.53. The average Bonchev–Trinajstić information content (AvgIpc) is 2.98. The summed E-state index contributed by atoms with van der Waals surface area (Å²) < 4.78 is 10.5. The van der Waals surface area contributed by atoms with Crippen molar-refractivity contribution in [3.63, 3.8) is 0 Å². The Morgan fingerprint density at radius 2 is 1.96 bits per heavy atom. The number of fused-ring (bicyclic) bond motifs is 1. The fourth-order valence-electron chi connectivity index (χ4n) is 4.95. The third kappa shape index (κ3) is 2.45. The zero-order valence-corrected chi connectivity index (χ0v) is 14.1. The van der Waals surface area contributed by atoms with Gasteiger partial charge in [-0.25, -0.2) is 0 Å². The number of likely N-dealkylation sites (tertiary alicyclic amines) is 1. The van der Waals surface area contributed by atoms with Gasteiger partial charge in [0.15, 0.2) is 0 Å². The van der Waals surface area contributed by atoms with E-state index in [1.165, 1.54) is 38.6 Å². The van der Waals surface area contributed by atoms with Crippen LogP contribution >= 0.6 is 0 Å². The van der Waals surface area contributed by atoms with E-state index in [9.17, 15) is 5.02 Å². The van der Waals surface area contributed by atoms with Gasteiger partial charge in [-0.05, 0) is 35.7 Å². The molecule has 2 aliphatic heterocycles. The van der Waals surface area contributed by atoms with E-state index in [1.54, 1.807) is 0 Å². The van der Waals surface area contributed by atoms with Crippen molar-refractivity contribution in [1.29, 1.82) is 0 Å². The Balaban J connectivity index is 1.51. The Labute approximate surface area is 138 Å². The summed E-state index contributed by atoms with van der Waals surface area (Å²) in [5, 5.41) is 9.78. The summed E-state index contributed by atoms with van der Waals surface area (Å²) in [6.45, 7) is 6.63. The van der Waals surface area contributed by atoms with Crippen molar-refractivity contribution < 1.29 is 14.4 Å². The molecule has 0 bridgehead atoms. The van der Waals surface area contributed by atoms with E-state index in [2.05, 4.69) is 24.0 Å². The highest BCUT2D eigenvalue weighted by Crippen LogP contribution is 2.64. The maximum atomic E-state index is 9.78. The van der Waals surface area contributed by atoms with Crippen LogP contribution in [-0.4, -0.2) is 56.5 Å². The highest BCUT2D eigenvalue weighted by atomic mass is 16.5. The molecule has 0 aromatic heterocycles. The van der Waals surface area contributed by atoms with E-state index in [4.69, 9.17) is 9.39 Å². The quantitative estimate of drug-likeness (QED) is 0.843. The first-order valence-corrected chi connectivity index (χ1v) is 8.80. The minimum Gasteiger partial charge on any atom is -0.423 e. The van der Waals surface area contributed by atoms with E-state index in [1.807, 2.05) is 12.1 Å². The molecule has 1 N–H and O–H groups in total. The topological polar surface area (TPSA) is 41.9 Å². The van der Waals surface area contributed by atoms with Crippen LogP contribution in [0.3, 0.4) is 0 Å². The summed E-state index contributed by atoms with van der Waals surface area (Å²) in [5.74, 6) is 1.54. The molecule has 1 saturated carbocycles. The van der Waals surface area contributed by atoms with Crippen LogP contribution in [0.4, 0.5) is 0 Å². The second-order valence-corrected chi connectivity index (χ2v) is 7.42. The summed E-state index contributed by atoms with van der Waals surface area (Å²) in [6, 6.07) is 9.12. The molecule has 5 heteroatoms. The SMILES string of the molecule is COB(O)c1ccc([C@]23CN(C4CCOCC4)C[C@H]2[C@H]3C)cc1. The standard InChI is InChI=1S/C18H26BNO3/c1-13-17-11-20(16-7-9-23-10-8-16)12-18(13,17)14-3-5-15(6-4-14)19(21)22-2/h3-6,13,16-17,21H,7-12H2,1-2H3/t13-,17+,18-/m1/s1. The lowest BCUT2D eigenvalue weighted by molar-refractivity contribution is 0.0363. The van der Waals surface area contributed by atoms with Crippen molar-refractivity contribution in [2.24, 2.45) is 11.8 Å². The molecular weight excluding hydrogens is 289 g/mol. The summed E-state index contributed by atoms with van der Waals surface area (Å²) >= 11 is 0. The molecule has 0 radical (unpaired) electrons. The number of benzene rings is 1. The maximum absolute atomic E-state index is 9.78. The molecule has 2 heterocycles. The lowest BCUT2D eigenvalue weighted by atomic mass is 9.78. The molecule has 2 saturated heterocycles. The maximum Gasteiger partial charge on any atom is 0.490 e. The fourth-order valence-corrected chi connectivity index (χ4v) is 4.95. The van der Waals surface area contributed by atoms with Gasteiger partial charge in [-0.2, -0.15) is 0 Å². The molecule has 0 spiro atoms. The highest BCUT2D eigenvalue weighted by molar-refractivity contribution is 6.59. The second kappa shape index (κ2) is 5.89. The van der Waals surface area contributed by atoms with Crippen molar-refractivity contribution in [3.8, 4) is 0 Å². The van der Waals surface area contributed by atoms with Crippen LogP contribution < -0.4 is 5.46 Å². The van der Waals surface area contributed by atoms with Gasteiger partial charge in [0.05, 0.1) is 0 Å². The minimum atomic E-state index is -0.823. The first kappa shape index (κ1) is 15.6. The van der Waals surface area contributed by atoms with Gasteiger partial charge in [-0.1, -0.05) is 31.2 Å². The van der Waals surface area contributed by atoms with Crippen molar-refractivity contribution in [2.45, 2.75) is 31.2 Å². The van der Waals surface area contributed by atoms with Crippen LogP contribution in [0.1, 0.15) is 25.3 Å². The smallest absolute Gasteiger partial charge is 0.423 e. The molecule has 0 unspecified atom stereocenters. The molecule has 1 aromatic carbocycles. The predicted octanol–water partition coefficient (Wildman–Crippen LogP) is 1.02. The molecule has 1 aromatic rings. The Kier molecular flexibility index (Phi) is 4.00. The van der Waals surface area contributed by atoms with Gasteiger partial charge in [-0.3, -0.25) is 4.90 Å². The molecule has 3 aliphatic rings. The van der Waals surface area contributed by atoms with Crippen LogP contribution in [-0.2, 0) is 14.8 Å². The molecule has 3 fully saturated rings. The number of nitrogens with zero attached hydrogens (tertiary/aromatic N) is 1. The van der Waals surface area contributed by atoms with Crippen LogP contribution in [0.25, 0.3) is 0 Å². The summed E-state index contributed by atoms with van der Waals surface area (Å²) in [4.78, 5) is 2.70. The number of hydrogen-bond donors (Lipinski definition) is 1. The fraction of sp³-hybridized carbons (Fsp3) is 0.667. The van der Waals surface area contributed by atoms with E-state index < -0.39 is 7.12 Å². The highest BCUT2D eigenvalue weighted by Gasteiger charge is 2.67. The first-order valence-electron chi connectivity index (χ1n) is 8.80. The van der Waals surface area contributed by atoms with Crippen molar-refractivity contribution >= 4 is 12.6 Å². The van der Waals surface area contributed by atoms with Crippen LogP contribution in [0.2, 0.25) is 0 Å². The van der Waals surface area contributed by atoms with E-state index in [0.29, 0.717) is 11.5 Å². The first-order chi connectivity index (χ1) is 11.2. The van der Waals surface area contributed by atoms with Gasteiger partial charge in [0.1, 0.15) is 0 Å². The molecule has 1 aliphatic carbocycles. The Hall–Kier alpha value is -0.875. The normalized spacial score (nSPS) is 34.4. The van der Waals surface area contributed by atoms with Crippen molar-refractivity contribution in [2.75, 3.05) is 33.4 Å². The van der Waals surface area contributed by atoms with E-state index in [-0.39, 0.29) is 0 Å². The zero-order valence-electron chi connectivity index (χ0n) is 14.1. The number of ether oxygens (including phenoxy) is 1. The summed E-state index contributed by atoms with van der Waals surface area (Å²) in [6.07, 6.45) is 2.35. The zero-order chi connectivity index (χ0) is 16.0. The lowest BCUT2D eigenvalue weighted by Gasteiger charge is -2.34. The summed E-state index contributed by atoms with van der Waals surface area (Å²) in [5.41, 5.74) is 2.59. The number of rotatable bonds is 4. The van der Waals surface area contributed by atoms with Gasteiger partial charge < -0.3 is 14.4 Å². The second-order valence-electron chi connectivity index (χ2n) is 7.42. The monoisotopic (exact) mass is 315 g/mol. The Morgan fingerprint density at radius 3 is 2.61 bits per heavy atom. The summed E-state index contributed by atoms with van der Waals surface area (Å²) in [7, 11) is 0.704. The van der Waals surface area contributed by atoms with Gasteiger partial charge in [-0.15, -0.1) is 0 Å². The van der Waals surface area contributed by atoms with Crippen LogP contribution in [0, 0.1) is 11.8 Å². The van der Waals surface area contributed by atoms with Gasteiger partial charge >= 0.3 is 7.12 Å². The molecule has 124 valence electrons. The van der Waals surface area contributed by atoms with E-state index in [0.717, 1.165) is 30.5 Å². The van der Waals surface area contributed by atoms with Crippen LogP contribution in [0.5, 0.6) is 0 Å². The molecule has 23 heavy (non-hydrogen) atoms. The molecular formula is C18H26BNO3. The molecule has 4 nitrogen and oxygen atoms in total. The number of hydrogen-bond acceptors (Lipinski definition) is 4. The minimum absolute atomic E-state index is 0.328. The van der Waals surface area contributed by atoms with Crippen LogP contribution in [0.15, 0.2) is 24.3 Å². The third-order valence-electron chi connectivity index (χ3n) is 6.53. The molecule has 4 rings (SSSR count).